The molecule has 4 heteroatoms. The first-order chi connectivity index (χ1) is 13.4. The Hall–Kier alpha value is -0.610. The van der Waals surface area contributed by atoms with E-state index in [0.29, 0.717) is 4.48 Å². The topological polar surface area (TPSA) is 60.4 Å². The number of hydrogen-bond acceptors (Lipinski definition) is 2. The van der Waals surface area contributed by atoms with Crippen LogP contribution < -0.4 is 5.11 Å². The maximum Gasteiger partial charge on any atom is 0.303 e. The van der Waals surface area contributed by atoms with Gasteiger partial charge in [0.15, 0.2) is 0 Å². The molecule has 0 bridgehead atoms. The van der Waals surface area contributed by atoms with Gasteiger partial charge >= 0.3 is 5.97 Å². The van der Waals surface area contributed by atoms with Crippen LogP contribution in [0.25, 0.3) is 0 Å². The summed E-state index contributed by atoms with van der Waals surface area (Å²) >= 11 is 0. The zero-order chi connectivity index (χ0) is 21.1. The SMILES string of the molecule is CCCCCCCCCCCCCCCC([O-])[N+](C)(C)CCCCCC(=O)O. The van der Waals surface area contributed by atoms with Crippen molar-refractivity contribution in [3.8, 4) is 0 Å². The first-order valence-electron chi connectivity index (χ1n) is 12.1. The molecule has 4 nitrogen and oxygen atoms in total. The first kappa shape index (κ1) is 27.4. The number of aliphatic carboxylic acids is 1. The van der Waals surface area contributed by atoms with Crippen molar-refractivity contribution in [3.63, 3.8) is 0 Å². The number of unbranched alkanes of at least 4 members (excludes halogenated alkanes) is 14. The van der Waals surface area contributed by atoms with Gasteiger partial charge in [0.25, 0.3) is 0 Å². The Balaban J connectivity index is 3.47. The summed E-state index contributed by atoms with van der Waals surface area (Å²) < 4.78 is 0.519. The minimum Gasteiger partial charge on any atom is -0.806 e. The summed E-state index contributed by atoms with van der Waals surface area (Å²) in [7, 11) is 4.05. The highest BCUT2D eigenvalue weighted by Gasteiger charge is 2.18. The fourth-order valence-corrected chi connectivity index (χ4v) is 3.80. The zero-order valence-corrected chi connectivity index (χ0v) is 19.2. The van der Waals surface area contributed by atoms with E-state index in [4.69, 9.17) is 5.11 Å². The van der Waals surface area contributed by atoms with E-state index in [0.717, 1.165) is 38.6 Å². The van der Waals surface area contributed by atoms with Crippen LogP contribution in [0, 0.1) is 0 Å². The van der Waals surface area contributed by atoms with Crippen LogP contribution in [0.4, 0.5) is 0 Å². The van der Waals surface area contributed by atoms with Crippen LogP contribution >= 0.6 is 0 Å². The molecule has 0 aliphatic carbocycles. The molecular formula is C24H49NO3. The van der Waals surface area contributed by atoms with Gasteiger partial charge in [-0.25, -0.2) is 0 Å². The van der Waals surface area contributed by atoms with E-state index >= 15 is 0 Å². The predicted octanol–water partition coefficient (Wildman–Crippen LogP) is 5.88. The van der Waals surface area contributed by atoms with Gasteiger partial charge in [-0.15, -0.1) is 0 Å². The van der Waals surface area contributed by atoms with E-state index < -0.39 is 12.2 Å². The van der Waals surface area contributed by atoms with Gasteiger partial charge in [-0.05, 0) is 32.1 Å². The lowest BCUT2D eigenvalue weighted by Crippen LogP contribution is -2.56. The van der Waals surface area contributed by atoms with E-state index in [1.165, 1.54) is 77.0 Å². The zero-order valence-electron chi connectivity index (χ0n) is 19.2. The monoisotopic (exact) mass is 399 g/mol. The molecule has 0 amide bonds. The van der Waals surface area contributed by atoms with Crippen molar-refractivity contribution >= 4 is 5.97 Å². The second kappa shape index (κ2) is 18.4. The van der Waals surface area contributed by atoms with Gasteiger partial charge in [-0.3, -0.25) is 4.79 Å². The quantitative estimate of drug-likeness (QED) is 0.149. The van der Waals surface area contributed by atoms with E-state index in [9.17, 15) is 9.90 Å². The summed E-state index contributed by atoms with van der Waals surface area (Å²) in [5, 5.41) is 21.2. The van der Waals surface area contributed by atoms with Gasteiger partial charge in [0, 0.05) is 12.6 Å². The normalized spacial score (nSPS) is 13.0. The van der Waals surface area contributed by atoms with Crippen molar-refractivity contribution < 1.29 is 19.5 Å². The van der Waals surface area contributed by atoms with Crippen LogP contribution in [0.15, 0.2) is 0 Å². The molecule has 0 aromatic rings. The van der Waals surface area contributed by atoms with Crippen LogP contribution in [0.1, 0.15) is 122 Å². The predicted molar refractivity (Wildman–Crippen MR) is 117 cm³/mol. The number of quaternary nitrogens is 1. The Bertz CT molecular complexity index is 358. The van der Waals surface area contributed by atoms with Crippen molar-refractivity contribution in [2.24, 2.45) is 0 Å². The Labute approximate surface area is 175 Å². The van der Waals surface area contributed by atoms with Crippen LogP contribution in [0.5, 0.6) is 0 Å². The fourth-order valence-electron chi connectivity index (χ4n) is 3.80. The van der Waals surface area contributed by atoms with Crippen molar-refractivity contribution in [2.75, 3.05) is 20.6 Å². The Morgan fingerprint density at radius 1 is 0.750 bits per heavy atom. The lowest BCUT2D eigenvalue weighted by molar-refractivity contribution is -0.985. The molecule has 0 aromatic carbocycles. The Morgan fingerprint density at radius 2 is 1.18 bits per heavy atom. The lowest BCUT2D eigenvalue weighted by Gasteiger charge is -2.42. The number of rotatable bonds is 21. The highest BCUT2D eigenvalue weighted by molar-refractivity contribution is 5.66. The van der Waals surface area contributed by atoms with Crippen LogP contribution in [-0.2, 0) is 4.79 Å². The van der Waals surface area contributed by atoms with E-state index in [2.05, 4.69) is 6.92 Å². The first-order valence-corrected chi connectivity index (χ1v) is 12.1. The van der Waals surface area contributed by atoms with Gasteiger partial charge in [0.05, 0.1) is 20.6 Å². The Kier molecular flexibility index (Phi) is 18.0. The standard InChI is InChI=1S/C24H49NO3/c1-4-5-6-7-8-9-10-11-12-13-14-15-17-20-23(26)25(2,3)22-19-16-18-21-24(27)28/h23H,4-22H2,1-3H3,(H,27,28). The average Bonchev–Trinajstić information content (AvgIpc) is 2.64. The molecule has 0 radical (unpaired) electrons. The number of hydrogen-bond donors (Lipinski definition) is 1. The molecule has 0 aliphatic rings. The fraction of sp³-hybridized carbons (Fsp3) is 0.958. The van der Waals surface area contributed by atoms with Gasteiger partial charge in [0.2, 0.25) is 0 Å². The molecule has 28 heavy (non-hydrogen) atoms. The molecule has 0 aliphatic heterocycles. The molecule has 1 N–H and O–H groups in total. The van der Waals surface area contributed by atoms with Gasteiger partial charge in [-0.1, -0.05) is 84.0 Å². The highest BCUT2D eigenvalue weighted by Crippen LogP contribution is 2.15. The second-order valence-electron chi connectivity index (χ2n) is 9.19. The third kappa shape index (κ3) is 17.5. The molecule has 0 rings (SSSR count). The molecule has 1 atom stereocenters. The smallest absolute Gasteiger partial charge is 0.303 e. The second-order valence-corrected chi connectivity index (χ2v) is 9.19. The molecule has 0 fully saturated rings. The van der Waals surface area contributed by atoms with Crippen LogP contribution in [0.3, 0.4) is 0 Å². The van der Waals surface area contributed by atoms with Gasteiger partial charge in [-0.2, -0.15) is 0 Å². The van der Waals surface area contributed by atoms with E-state index in [-0.39, 0.29) is 6.42 Å². The molecule has 0 aromatic heterocycles. The molecule has 0 spiro atoms. The maximum absolute atomic E-state index is 12.5. The van der Waals surface area contributed by atoms with Gasteiger partial charge < -0.3 is 14.7 Å². The summed E-state index contributed by atoms with van der Waals surface area (Å²) in [6.07, 6.45) is 20.4. The Morgan fingerprint density at radius 3 is 1.64 bits per heavy atom. The minimum absolute atomic E-state index is 0.243. The minimum atomic E-state index is -0.724. The molecular weight excluding hydrogens is 350 g/mol. The highest BCUT2D eigenvalue weighted by atomic mass is 16.4. The summed E-state index contributed by atoms with van der Waals surface area (Å²) in [4.78, 5) is 10.5. The van der Waals surface area contributed by atoms with Gasteiger partial charge in [0.1, 0.15) is 0 Å². The third-order valence-corrected chi connectivity index (χ3v) is 5.96. The summed E-state index contributed by atoms with van der Waals surface area (Å²) in [5.41, 5.74) is 0. The summed E-state index contributed by atoms with van der Waals surface area (Å²) in [6.45, 7) is 3.12. The number of carbonyl (C=O) groups is 1. The maximum atomic E-state index is 12.5. The molecule has 0 heterocycles. The van der Waals surface area contributed by atoms with Crippen molar-refractivity contribution in [1.82, 2.24) is 0 Å². The number of carboxylic acids is 1. The van der Waals surface area contributed by atoms with E-state index in [1.54, 1.807) is 0 Å². The van der Waals surface area contributed by atoms with Crippen LogP contribution in [0.2, 0.25) is 0 Å². The van der Waals surface area contributed by atoms with Crippen molar-refractivity contribution in [2.45, 2.75) is 129 Å². The largest absolute Gasteiger partial charge is 0.806 e. The average molecular weight is 400 g/mol. The van der Waals surface area contributed by atoms with Crippen molar-refractivity contribution in [1.29, 1.82) is 0 Å². The number of nitrogens with zero attached hydrogens (tertiary/aromatic N) is 1. The van der Waals surface area contributed by atoms with E-state index in [1.807, 2.05) is 14.1 Å². The molecule has 0 saturated heterocycles. The molecule has 1 unspecified atom stereocenters. The van der Waals surface area contributed by atoms with Crippen molar-refractivity contribution in [3.05, 3.63) is 0 Å². The van der Waals surface area contributed by atoms with Crippen LogP contribution in [-0.4, -0.2) is 42.4 Å². The summed E-state index contributed by atoms with van der Waals surface area (Å²) in [6, 6.07) is 0. The lowest BCUT2D eigenvalue weighted by atomic mass is 10.0. The third-order valence-electron chi connectivity index (χ3n) is 5.96. The summed E-state index contributed by atoms with van der Waals surface area (Å²) in [5.74, 6) is -0.724. The molecule has 0 saturated carbocycles. The molecule has 168 valence electrons. The number of carboxylic acid groups (broad SMARTS) is 1.